The molecule has 158 valence electrons. The van der Waals surface area contributed by atoms with Gasteiger partial charge in [0, 0.05) is 17.3 Å². The minimum atomic E-state index is -0.0254. The zero-order chi connectivity index (χ0) is 21.5. The van der Waals surface area contributed by atoms with Crippen molar-refractivity contribution in [2.24, 2.45) is 0 Å². The van der Waals surface area contributed by atoms with Gasteiger partial charge in [0.15, 0.2) is 16.6 Å². The Balaban J connectivity index is 1.75. The molecule has 3 aromatic rings. The van der Waals surface area contributed by atoms with E-state index in [4.69, 9.17) is 26.4 Å². The van der Waals surface area contributed by atoms with Crippen molar-refractivity contribution in [2.75, 3.05) is 25.6 Å². The first-order valence-corrected chi connectivity index (χ1v) is 10.4. The molecule has 0 saturated carbocycles. The highest BCUT2D eigenvalue weighted by Crippen LogP contribution is 2.32. The Morgan fingerprint density at radius 3 is 2.50 bits per heavy atom. The van der Waals surface area contributed by atoms with Crippen LogP contribution in [0.2, 0.25) is 0 Å². The number of hydrogen-bond donors (Lipinski definition) is 2. The Hall–Kier alpha value is -3.06. The third-order valence-electron chi connectivity index (χ3n) is 4.62. The average molecular weight is 426 g/mol. The molecular weight excluding hydrogens is 398 g/mol. The van der Waals surface area contributed by atoms with Crippen LogP contribution in [0.3, 0.4) is 0 Å². The number of nitrogens with zero attached hydrogens (tertiary/aromatic N) is 1. The number of pyridine rings is 1. The summed E-state index contributed by atoms with van der Waals surface area (Å²) in [4.78, 5) is 4.42. The molecule has 7 heteroatoms. The van der Waals surface area contributed by atoms with Crippen LogP contribution in [0.5, 0.6) is 17.2 Å². The molecule has 2 N–H and O–H groups in total. The fourth-order valence-corrected chi connectivity index (χ4v) is 3.48. The Morgan fingerprint density at radius 1 is 1.03 bits per heavy atom. The first kappa shape index (κ1) is 21.6. The average Bonchev–Trinajstić information content (AvgIpc) is 2.75. The smallest absolute Gasteiger partial charge is 0.171 e. The van der Waals surface area contributed by atoms with E-state index < -0.39 is 0 Å². The van der Waals surface area contributed by atoms with E-state index in [1.807, 2.05) is 63.2 Å². The van der Waals surface area contributed by atoms with Crippen LogP contribution < -0.4 is 24.8 Å². The van der Waals surface area contributed by atoms with E-state index in [2.05, 4.69) is 15.6 Å². The van der Waals surface area contributed by atoms with Gasteiger partial charge in [0.05, 0.1) is 26.4 Å². The Bertz CT molecular complexity index is 1030. The third-order valence-corrected chi connectivity index (χ3v) is 4.84. The summed E-state index contributed by atoms with van der Waals surface area (Å²) in [7, 11) is 1.64. The predicted octanol–water partition coefficient (Wildman–Crippen LogP) is 5.09. The van der Waals surface area contributed by atoms with Crippen molar-refractivity contribution in [2.45, 2.75) is 26.8 Å². The largest absolute Gasteiger partial charge is 0.494 e. The van der Waals surface area contributed by atoms with Crippen molar-refractivity contribution in [1.29, 1.82) is 0 Å². The van der Waals surface area contributed by atoms with Gasteiger partial charge in [-0.2, -0.15) is 0 Å². The Morgan fingerprint density at radius 2 is 1.77 bits per heavy atom. The van der Waals surface area contributed by atoms with Crippen LogP contribution in [-0.2, 0) is 0 Å². The number of benzene rings is 2. The fourth-order valence-electron chi connectivity index (χ4n) is 3.20. The molecule has 6 nitrogen and oxygen atoms in total. The molecule has 0 spiro atoms. The quantitative estimate of drug-likeness (QED) is 0.488. The number of hydrogen-bond acceptors (Lipinski definition) is 5. The highest BCUT2D eigenvalue weighted by atomic mass is 32.1. The van der Waals surface area contributed by atoms with E-state index in [0.29, 0.717) is 18.3 Å². The second-order valence-corrected chi connectivity index (χ2v) is 7.02. The SMILES string of the molecule is CCOc1ccc([C@H](C)NC(=S)Nc2ccc(OC)c3ncccc23)cc1OCC. The summed E-state index contributed by atoms with van der Waals surface area (Å²) >= 11 is 5.56. The number of anilines is 1. The molecule has 0 saturated heterocycles. The molecule has 0 amide bonds. The first-order valence-electron chi connectivity index (χ1n) is 9.96. The van der Waals surface area contributed by atoms with Crippen molar-refractivity contribution >= 4 is 33.9 Å². The van der Waals surface area contributed by atoms with Crippen LogP contribution in [0.25, 0.3) is 10.9 Å². The zero-order valence-corrected chi connectivity index (χ0v) is 18.5. The highest BCUT2D eigenvalue weighted by molar-refractivity contribution is 7.80. The summed E-state index contributed by atoms with van der Waals surface area (Å²) in [6.45, 7) is 7.12. The molecule has 1 atom stereocenters. The maximum absolute atomic E-state index is 5.73. The molecular formula is C23H27N3O3S. The minimum absolute atomic E-state index is 0.0254. The summed E-state index contributed by atoms with van der Waals surface area (Å²) in [5.74, 6) is 2.20. The van der Waals surface area contributed by atoms with Gasteiger partial charge in [-0.15, -0.1) is 0 Å². The maximum atomic E-state index is 5.73. The van der Waals surface area contributed by atoms with Crippen LogP contribution >= 0.6 is 12.2 Å². The van der Waals surface area contributed by atoms with E-state index in [9.17, 15) is 0 Å². The van der Waals surface area contributed by atoms with Gasteiger partial charge in [0.1, 0.15) is 11.3 Å². The molecule has 1 aromatic heterocycles. The van der Waals surface area contributed by atoms with E-state index in [1.165, 1.54) is 0 Å². The van der Waals surface area contributed by atoms with Gasteiger partial charge >= 0.3 is 0 Å². The van der Waals surface area contributed by atoms with Crippen LogP contribution in [0, 0.1) is 0 Å². The van der Waals surface area contributed by atoms with Crippen molar-refractivity contribution < 1.29 is 14.2 Å². The summed E-state index contributed by atoms with van der Waals surface area (Å²) < 4.78 is 16.8. The van der Waals surface area contributed by atoms with Crippen LogP contribution in [0.15, 0.2) is 48.7 Å². The van der Waals surface area contributed by atoms with E-state index in [0.717, 1.165) is 39.4 Å². The second-order valence-electron chi connectivity index (χ2n) is 6.61. The molecule has 2 aromatic carbocycles. The molecule has 30 heavy (non-hydrogen) atoms. The van der Waals surface area contributed by atoms with Gasteiger partial charge in [-0.05, 0) is 75.0 Å². The predicted molar refractivity (Wildman–Crippen MR) is 125 cm³/mol. The molecule has 1 heterocycles. The Kier molecular flexibility index (Phi) is 7.30. The van der Waals surface area contributed by atoms with Crippen molar-refractivity contribution in [3.8, 4) is 17.2 Å². The monoisotopic (exact) mass is 425 g/mol. The lowest BCUT2D eigenvalue weighted by Gasteiger charge is -2.20. The summed E-state index contributed by atoms with van der Waals surface area (Å²) in [5, 5.41) is 8.06. The van der Waals surface area contributed by atoms with Gasteiger partial charge in [-0.1, -0.05) is 6.07 Å². The van der Waals surface area contributed by atoms with Crippen LogP contribution in [0.4, 0.5) is 5.69 Å². The molecule has 0 aliphatic rings. The number of ether oxygens (including phenoxy) is 3. The van der Waals surface area contributed by atoms with E-state index >= 15 is 0 Å². The first-order chi connectivity index (χ1) is 14.6. The summed E-state index contributed by atoms with van der Waals surface area (Å²) in [6.07, 6.45) is 1.75. The van der Waals surface area contributed by atoms with Gasteiger partial charge in [0.2, 0.25) is 0 Å². The highest BCUT2D eigenvalue weighted by Gasteiger charge is 2.13. The van der Waals surface area contributed by atoms with Crippen LogP contribution in [-0.4, -0.2) is 30.4 Å². The van der Waals surface area contributed by atoms with E-state index in [-0.39, 0.29) is 6.04 Å². The normalized spacial score (nSPS) is 11.6. The number of rotatable bonds is 8. The number of methoxy groups -OCH3 is 1. The maximum Gasteiger partial charge on any atom is 0.171 e. The van der Waals surface area contributed by atoms with Crippen molar-refractivity contribution in [3.63, 3.8) is 0 Å². The zero-order valence-electron chi connectivity index (χ0n) is 17.7. The van der Waals surface area contributed by atoms with Gasteiger partial charge < -0.3 is 24.8 Å². The molecule has 3 rings (SSSR count). The number of fused-ring (bicyclic) bond motifs is 1. The van der Waals surface area contributed by atoms with Gasteiger partial charge in [-0.3, -0.25) is 4.98 Å². The van der Waals surface area contributed by atoms with Crippen molar-refractivity contribution in [1.82, 2.24) is 10.3 Å². The molecule has 0 fully saturated rings. The standard InChI is InChI=1S/C23H27N3O3S/c1-5-28-19-11-9-16(14-21(19)29-6-2)15(3)25-23(30)26-18-10-12-20(27-4)22-17(18)8-7-13-24-22/h7-15H,5-6H2,1-4H3,(H2,25,26,30)/t15-/m0/s1. The summed E-state index contributed by atoms with van der Waals surface area (Å²) in [6, 6.07) is 13.6. The second kappa shape index (κ2) is 10.1. The number of nitrogens with one attached hydrogen (secondary N) is 2. The lowest BCUT2D eigenvalue weighted by molar-refractivity contribution is 0.287. The topological polar surface area (TPSA) is 64.6 Å². The minimum Gasteiger partial charge on any atom is -0.494 e. The number of thiocarbonyl (C=S) groups is 1. The third kappa shape index (κ3) is 4.91. The lowest BCUT2D eigenvalue weighted by atomic mass is 10.1. The molecule has 0 aliphatic carbocycles. The Labute approximate surface area is 182 Å². The molecule has 0 aliphatic heterocycles. The van der Waals surface area contributed by atoms with Gasteiger partial charge in [-0.25, -0.2) is 0 Å². The molecule has 0 unspecified atom stereocenters. The van der Waals surface area contributed by atoms with Crippen molar-refractivity contribution in [3.05, 3.63) is 54.2 Å². The lowest BCUT2D eigenvalue weighted by Crippen LogP contribution is -2.31. The molecule has 0 radical (unpaired) electrons. The molecule has 0 bridgehead atoms. The van der Waals surface area contributed by atoms with Gasteiger partial charge in [0.25, 0.3) is 0 Å². The summed E-state index contributed by atoms with van der Waals surface area (Å²) in [5.41, 5.74) is 2.70. The number of aromatic nitrogens is 1. The fraction of sp³-hybridized carbons (Fsp3) is 0.304. The van der Waals surface area contributed by atoms with E-state index in [1.54, 1.807) is 13.3 Å². The van der Waals surface area contributed by atoms with Crippen LogP contribution in [0.1, 0.15) is 32.4 Å².